The molecule has 1 amide bonds. The molecule has 0 radical (unpaired) electrons. The van der Waals surface area contributed by atoms with Crippen molar-refractivity contribution in [1.82, 2.24) is 9.97 Å². The van der Waals surface area contributed by atoms with E-state index in [1.54, 1.807) is 23.1 Å². The maximum atomic E-state index is 13.6. The van der Waals surface area contributed by atoms with Gasteiger partial charge in [0.1, 0.15) is 23.2 Å². The fraction of sp³-hybridized carbons (Fsp3) is 0.0833. The number of benzene rings is 2. The number of guanidine groups is 1. The van der Waals surface area contributed by atoms with Crippen LogP contribution in [0.1, 0.15) is 28.9 Å². The highest BCUT2D eigenvalue weighted by Gasteiger charge is 2.27. The van der Waals surface area contributed by atoms with Crippen molar-refractivity contribution in [3.8, 4) is 0 Å². The van der Waals surface area contributed by atoms with Crippen LogP contribution in [0.2, 0.25) is 5.02 Å². The zero-order chi connectivity index (χ0) is 23.8. The van der Waals surface area contributed by atoms with Gasteiger partial charge in [0.05, 0.1) is 5.56 Å². The number of pyridine rings is 1. The van der Waals surface area contributed by atoms with E-state index < -0.39 is 11.7 Å². The lowest BCUT2D eigenvalue weighted by molar-refractivity contribution is 0.1000. The van der Waals surface area contributed by atoms with Crippen molar-refractivity contribution < 1.29 is 13.6 Å². The lowest BCUT2D eigenvalue weighted by Crippen LogP contribution is -2.38. The van der Waals surface area contributed by atoms with Gasteiger partial charge >= 0.3 is 6.01 Å². The Bertz CT molecular complexity index is 1460. The van der Waals surface area contributed by atoms with Gasteiger partial charge in [-0.25, -0.2) is 14.4 Å². The summed E-state index contributed by atoms with van der Waals surface area (Å²) in [5.41, 5.74) is 8.03. The largest absolute Gasteiger partial charge is 0.423 e. The summed E-state index contributed by atoms with van der Waals surface area (Å²) in [5.74, 6) is -0.154. The second-order valence-corrected chi connectivity index (χ2v) is 8.00. The van der Waals surface area contributed by atoms with Crippen LogP contribution in [-0.2, 0) is 0 Å². The predicted molar refractivity (Wildman–Crippen MR) is 128 cm³/mol. The van der Waals surface area contributed by atoms with Crippen molar-refractivity contribution >= 4 is 46.4 Å². The van der Waals surface area contributed by atoms with Gasteiger partial charge in [-0.1, -0.05) is 29.8 Å². The standard InChI is InChI=1S/C24H18ClFN6O2/c1-13-10-19(16-4-2-3-5-17(16)25)29-23(32(13)21-9-6-14(12-28-21)22(27)33)31-24-30-18-8-7-15(26)11-20(18)34-24/h2-12,19H,1H3,(H2,27,33)(H,29,30,31). The normalized spacial score (nSPS) is 15.7. The Morgan fingerprint density at radius 1 is 1.21 bits per heavy atom. The van der Waals surface area contributed by atoms with E-state index in [-0.39, 0.29) is 17.6 Å². The Balaban J connectivity index is 1.57. The minimum atomic E-state index is -0.575. The number of nitrogens with one attached hydrogen (secondary N) is 1. The van der Waals surface area contributed by atoms with E-state index in [2.05, 4.69) is 15.3 Å². The second-order valence-electron chi connectivity index (χ2n) is 7.59. The molecule has 34 heavy (non-hydrogen) atoms. The molecule has 1 aliphatic heterocycles. The lowest BCUT2D eigenvalue weighted by Gasteiger charge is -2.31. The van der Waals surface area contributed by atoms with E-state index in [1.807, 2.05) is 31.2 Å². The number of primary amides is 1. The molecule has 3 N–H and O–H groups in total. The van der Waals surface area contributed by atoms with Crippen molar-refractivity contribution in [1.29, 1.82) is 0 Å². The maximum Gasteiger partial charge on any atom is 0.302 e. The highest BCUT2D eigenvalue weighted by molar-refractivity contribution is 6.31. The Kier molecular flexibility index (Phi) is 5.46. The van der Waals surface area contributed by atoms with Crippen LogP contribution in [0.4, 0.5) is 16.2 Å². The van der Waals surface area contributed by atoms with Gasteiger partial charge in [-0.2, -0.15) is 4.98 Å². The van der Waals surface area contributed by atoms with Gasteiger partial charge in [0.2, 0.25) is 11.9 Å². The molecule has 0 saturated carbocycles. The molecule has 0 aliphatic carbocycles. The third-order valence-electron chi connectivity index (χ3n) is 5.28. The van der Waals surface area contributed by atoms with E-state index in [0.717, 1.165) is 11.3 Å². The first-order valence-electron chi connectivity index (χ1n) is 10.3. The number of fused-ring (bicyclic) bond motifs is 1. The van der Waals surface area contributed by atoms with E-state index >= 15 is 0 Å². The Morgan fingerprint density at radius 3 is 2.76 bits per heavy atom. The lowest BCUT2D eigenvalue weighted by atomic mass is 10.0. The third kappa shape index (κ3) is 4.08. The number of aromatic nitrogens is 2. The number of hydrogen-bond acceptors (Lipinski definition) is 7. The number of allylic oxidation sites excluding steroid dienone is 1. The van der Waals surface area contributed by atoms with Crippen molar-refractivity contribution in [3.63, 3.8) is 0 Å². The quantitative estimate of drug-likeness (QED) is 0.426. The van der Waals surface area contributed by atoms with Crippen LogP contribution in [0.25, 0.3) is 11.1 Å². The van der Waals surface area contributed by atoms with Gasteiger partial charge in [-0.3, -0.25) is 15.0 Å². The van der Waals surface area contributed by atoms with Crippen LogP contribution in [0.15, 0.2) is 82.0 Å². The van der Waals surface area contributed by atoms with Gasteiger partial charge in [-0.05, 0) is 48.9 Å². The number of anilines is 2. The summed E-state index contributed by atoms with van der Waals surface area (Å²) in [7, 11) is 0. The molecule has 2 aromatic carbocycles. The van der Waals surface area contributed by atoms with E-state index in [1.165, 1.54) is 24.4 Å². The number of amides is 1. The summed E-state index contributed by atoms with van der Waals surface area (Å²) in [6, 6.07) is 14.5. The number of rotatable bonds is 4. The van der Waals surface area contributed by atoms with Crippen LogP contribution < -0.4 is 16.0 Å². The van der Waals surface area contributed by atoms with Crippen molar-refractivity contribution in [3.05, 3.63) is 94.5 Å². The molecule has 1 aliphatic rings. The SMILES string of the molecule is CC1=CC(c2ccccc2Cl)N=C(Nc2nc3ccc(F)cc3o2)N1c1ccc(C(N)=O)cn1. The molecule has 2 aromatic heterocycles. The summed E-state index contributed by atoms with van der Waals surface area (Å²) in [5, 5.41) is 3.66. The molecule has 3 heterocycles. The first-order valence-corrected chi connectivity index (χ1v) is 10.7. The van der Waals surface area contributed by atoms with Crippen LogP contribution >= 0.6 is 11.6 Å². The molecule has 0 bridgehead atoms. The van der Waals surface area contributed by atoms with Crippen LogP contribution in [0.3, 0.4) is 0 Å². The molecule has 0 saturated heterocycles. The third-order valence-corrected chi connectivity index (χ3v) is 5.62. The first kappa shape index (κ1) is 21.6. The van der Waals surface area contributed by atoms with Crippen LogP contribution in [0, 0.1) is 5.82 Å². The first-order chi connectivity index (χ1) is 16.4. The topological polar surface area (TPSA) is 110 Å². The maximum absolute atomic E-state index is 13.6. The number of carbonyl (C=O) groups is 1. The van der Waals surface area contributed by atoms with E-state index in [4.69, 9.17) is 26.7 Å². The Hall–Kier alpha value is -4.24. The van der Waals surface area contributed by atoms with Gasteiger partial charge in [0.25, 0.3) is 0 Å². The molecule has 1 atom stereocenters. The van der Waals surface area contributed by atoms with Crippen LogP contribution in [0.5, 0.6) is 0 Å². The zero-order valence-electron chi connectivity index (χ0n) is 17.9. The summed E-state index contributed by atoms with van der Waals surface area (Å²) >= 11 is 6.43. The number of carbonyl (C=O) groups excluding carboxylic acids is 1. The monoisotopic (exact) mass is 476 g/mol. The molecule has 8 nitrogen and oxygen atoms in total. The molecule has 170 valence electrons. The number of halogens is 2. The summed E-state index contributed by atoms with van der Waals surface area (Å²) < 4.78 is 19.3. The van der Waals surface area contributed by atoms with Crippen LogP contribution in [-0.4, -0.2) is 21.8 Å². The summed E-state index contributed by atoms with van der Waals surface area (Å²) in [4.78, 5) is 26.8. The predicted octanol–water partition coefficient (Wildman–Crippen LogP) is 5.05. The molecular weight excluding hydrogens is 459 g/mol. The average Bonchev–Trinajstić information content (AvgIpc) is 3.20. The molecule has 1 unspecified atom stereocenters. The Labute approximate surface area is 198 Å². The number of nitrogens with zero attached hydrogens (tertiary/aromatic N) is 4. The number of hydrogen-bond donors (Lipinski definition) is 2. The molecule has 10 heteroatoms. The van der Waals surface area contributed by atoms with Gasteiger partial charge < -0.3 is 10.2 Å². The molecular formula is C24H18ClFN6O2. The fourth-order valence-corrected chi connectivity index (χ4v) is 3.91. The van der Waals surface area contributed by atoms with E-state index in [9.17, 15) is 9.18 Å². The summed E-state index contributed by atoms with van der Waals surface area (Å²) in [6.07, 6.45) is 3.34. The smallest absolute Gasteiger partial charge is 0.302 e. The number of oxazole rings is 1. The van der Waals surface area contributed by atoms with Gasteiger partial charge in [0, 0.05) is 23.0 Å². The molecule has 4 aromatic rings. The van der Waals surface area contributed by atoms with Gasteiger partial charge in [0.15, 0.2) is 5.58 Å². The average molecular weight is 477 g/mol. The summed E-state index contributed by atoms with van der Waals surface area (Å²) in [6.45, 7) is 1.89. The van der Waals surface area contributed by atoms with Gasteiger partial charge in [-0.15, -0.1) is 0 Å². The number of nitrogens with two attached hydrogens (primary N) is 1. The van der Waals surface area contributed by atoms with Crippen molar-refractivity contribution in [2.75, 3.05) is 10.2 Å². The van der Waals surface area contributed by atoms with Crippen molar-refractivity contribution in [2.24, 2.45) is 10.7 Å². The highest BCUT2D eigenvalue weighted by Crippen LogP contribution is 2.33. The minimum absolute atomic E-state index is 0.130. The molecule has 0 spiro atoms. The fourth-order valence-electron chi connectivity index (χ4n) is 3.66. The minimum Gasteiger partial charge on any atom is -0.423 e. The Morgan fingerprint density at radius 2 is 2.03 bits per heavy atom. The molecule has 0 fully saturated rings. The van der Waals surface area contributed by atoms with E-state index in [0.29, 0.717) is 27.9 Å². The number of aliphatic imine (C=N–C) groups is 1. The van der Waals surface area contributed by atoms with Crippen molar-refractivity contribution in [2.45, 2.75) is 13.0 Å². The zero-order valence-corrected chi connectivity index (χ0v) is 18.6. The second kappa shape index (κ2) is 8.60. The highest BCUT2D eigenvalue weighted by atomic mass is 35.5. The molecule has 5 rings (SSSR count).